The predicted molar refractivity (Wildman–Crippen MR) is 71.9 cm³/mol. The van der Waals surface area contributed by atoms with E-state index in [0.29, 0.717) is 5.92 Å². The molecule has 0 saturated carbocycles. The lowest BCUT2D eigenvalue weighted by atomic mass is 10.0. The van der Waals surface area contributed by atoms with Gasteiger partial charge in [0.25, 0.3) is 0 Å². The molecule has 0 spiro atoms. The zero-order valence-electron chi connectivity index (χ0n) is 10.7. The van der Waals surface area contributed by atoms with Crippen molar-refractivity contribution in [1.82, 2.24) is 0 Å². The third kappa shape index (κ3) is 4.23. The minimum atomic E-state index is 0.704. The summed E-state index contributed by atoms with van der Waals surface area (Å²) in [5.74, 6) is 0.704. The van der Waals surface area contributed by atoms with Crippen molar-refractivity contribution in [2.24, 2.45) is 11.7 Å². The lowest BCUT2D eigenvalue weighted by molar-refractivity contribution is 0.514. The molecule has 2 heteroatoms. The Morgan fingerprint density at radius 1 is 1.25 bits per heavy atom. The van der Waals surface area contributed by atoms with E-state index in [-0.39, 0.29) is 0 Å². The van der Waals surface area contributed by atoms with Crippen molar-refractivity contribution in [2.75, 3.05) is 25.0 Å². The molecule has 2 N–H and O–H groups in total. The smallest absolute Gasteiger partial charge is 0.0363 e. The monoisotopic (exact) mass is 220 g/mol. The second-order valence-electron chi connectivity index (χ2n) is 4.75. The third-order valence-electron chi connectivity index (χ3n) is 2.96. The summed E-state index contributed by atoms with van der Waals surface area (Å²) in [6.07, 6.45) is 2.34. The Morgan fingerprint density at radius 3 is 2.44 bits per heavy atom. The van der Waals surface area contributed by atoms with Crippen molar-refractivity contribution in [3.63, 3.8) is 0 Å². The van der Waals surface area contributed by atoms with Gasteiger partial charge in [0, 0.05) is 19.3 Å². The van der Waals surface area contributed by atoms with Crippen molar-refractivity contribution >= 4 is 5.69 Å². The molecule has 0 aromatic heterocycles. The molecule has 1 atom stereocenters. The molecule has 0 aliphatic carbocycles. The lowest BCUT2D eigenvalue weighted by Gasteiger charge is -2.23. The Balaban J connectivity index is 2.45. The van der Waals surface area contributed by atoms with Crippen molar-refractivity contribution in [1.29, 1.82) is 0 Å². The van der Waals surface area contributed by atoms with Crippen molar-refractivity contribution < 1.29 is 0 Å². The second kappa shape index (κ2) is 6.54. The molecule has 0 saturated heterocycles. The Bertz CT molecular complexity index is 292. The zero-order valence-corrected chi connectivity index (χ0v) is 10.7. The first-order valence-electron chi connectivity index (χ1n) is 6.11. The molecule has 0 aliphatic heterocycles. The normalized spacial score (nSPS) is 12.5. The molecule has 0 heterocycles. The molecule has 90 valence electrons. The van der Waals surface area contributed by atoms with E-state index in [1.807, 2.05) is 0 Å². The average Bonchev–Trinajstić information content (AvgIpc) is 2.27. The van der Waals surface area contributed by atoms with Crippen LogP contribution in [0.25, 0.3) is 0 Å². The summed E-state index contributed by atoms with van der Waals surface area (Å²) in [6.45, 7) is 6.32. The Morgan fingerprint density at radius 2 is 1.88 bits per heavy atom. The highest BCUT2D eigenvalue weighted by Crippen LogP contribution is 2.16. The van der Waals surface area contributed by atoms with E-state index in [1.54, 1.807) is 0 Å². The standard InChI is InChI=1S/C14H24N2/c1-12-6-8-14(9-7-12)16(3)11-13(2)5-4-10-15/h6-9,13H,4-5,10-11,15H2,1-3H3. The summed E-state index contributed by atoms with van der Waals surface area (Å²) in [6, 6.07) is 8.70. The van der Waals surface area contributed by atoms with Gasteiger partial charge in [-0.1, -0.05) is 24.6 Å². The summed E-state index contributed by atoms with van der Waals surface area (Å²) in [5, 5.41) is 0. The molecule has 1 rings (SSSR count). The van der Waals surface area contributed by atoms with Crippen LogP contribution in [0.2, 0.25) is 0 Å². The van der Waals surface area contributed by atoms with Crippen LogP contribution in [0.1, 0.15) is 25.3 Å². The first-order valence-corrected chi connectivity index (χ1v) is 6.11. The minimum absolute atomic E-state index is 0.704. The van der Waals surface area contributed by atoms with Gasteiger partial charge in [-0.3, -0.25) is 0 Å². The van der Waals surface area contributed by atoms with Crippen LogP contribution in [0.3, 0.4) is 0 Å². The topological polar surface area (TPSA) is 29.3 Å². The van der Waals surface area contributed by atoms with Crippen molar-refractivity contribution in [3.05, 3.63) is 29.8 Å². The maximum absolute atomic E-state index is 5.52. The highest BCUT2D eigenvalue weighted by Gasteiger charge is 2.06. The summed E-state index contributed by atoms with van der Waals surface area (Å²) >= 11 is 0. The molecular formula is C14H24N2. The quantitative estimate of drug-likeness (QED) is 0.798. The van der Waals surface area contributed by atoms with E-state index in [4.69, 9.17) is 5.73 Å². The molecular weight excluding hydrogens is 196 g/mol. The van der Waals surface area contributed by atoms with Crippen LogP contribution in [-0.2, 0) is 0 Å². The largest absolute Gasteiger partial charge is 0.374 e. The molecule has 0 aliphatic rings. The summed E-state index contributed by atoms with van der Waals surface area (Å²) in [7, 11) is 2.16. The van der Waals surface area contributed by atoms with Crippen molar-refractivity contribution in [3.8, 4) is 0 Å². The van der Waals surface area contributed by atoms with E-state index in [1.165, 1.54) is 17.7 Å². The van der Waals surface area contributed by atoms with Crippen LogP contribution in [0, 0.1) is 12.8 Å². The number of benzene rings is 1. The summed E-state index contributed by atoms with van der Waals surface area (Å²) < 4.78 is 0. The predicted octanol–water partition coefficient (Wildman–Crippen LogP) is 2.81. The average molecular weight is 220 g/mol. The number of hydrogen-bond acceptors (Lipinski definition) is 2. The van der Waals surface area contributed by atoms with Gasteiger partial charge >= 0.3 is 0 Å². The van der Waals surface area contributed by atoms with Gasteiger partial charge in [-0.15, -0.1) is 0 Å². The van der Waals surface area contributed by atoms with Gasteiger partial charge in [0.1, 0.15) is 0 Å². The minimum Gasteiger partial charge on any atom is -0.374 e. The fraction of sp³-hybridized carbons (Fsp3) is 0.571. The first-order chi connectivity index (χ1) is 7.63. The number of anilines is 1. The van der Waals surface area contributed by atoms with E-state index in [0.717, 1.165) is 19.5 Å². The van der Waals surface area contributed by atoms with Crippen molar-refractivity contribution in [2.45, 2.75) is 26.7 Å². The molecule has 0 amide bonds. The number of aryl methyl sites for hydroxylation is 1. The Hall–Kier alpha value is -1.02. The highest BCUT2D eigenvalue weighted by atomic mass is 15.1. The molecule has 1 aromatic carbocycles. The summed E-state index contributed by atoms with van der Waals surface area (Å²) in [5.41, 5.74) is 8.13. The van der Waals surface area contributed by atoms with Gasteiger partial charge in [-0.2, -0.15) is 0 Å². The van der Waals surface area contributed by atoms with Gasteiger partial charge in [0.2, 0.25) is 0 Å². The molecule has 1 aromatic rings. The SMILES string of the molecule is Cc1ccc(N(C)CC(C)CCCN)cc1. The van der Waals surface area contributed by atoms with E-state index < -0.39 is 0 Å². The van der Waals surface area contributed by atoms with Gasteiger partial charge in [-0.05, 0) is 44.4 Å². The maximum atomic E-state index is 5.52. The number of rotatable bonds is 6. The Kier molecular flexibility index (Phi) is 5.33. The number of nitrogens with two attached hydrogens (primary N) is 1. The van der Waals surface area contributed by atoms with Crippen LogP contribution in [0.5, 0.6) is 0 Å². The van der Waals surface area contributed by atoms with Gasteiger partial charge in [-0.25, -0.2) is 0 Å². The molecule has 1 unspecified atom stereocenters. The lowest BCUT2D eigenvalue weighted by Crippen LogP contribution is -2.24. The van der Waals surface area contributed by atoms with Gasteiger partial charge < -0.3 is 10.6 Å². The first kappa shape index (κ1) is 13.0. The third-order valence-corrected chi connectivity index (χ3v) is 2.96. The van der Waals surface area contributed by atoms with Crippen LogP contribution < -0.4 is 10.6 Å². The molecule has 0 fully saturated rings. The van der Waals surface area contributed by atoms with Gasteiger partial charge in [0.15, 0.2) is 0 Å². The maximum Gasteiger partial charge on any atom is 0.0363 e. The molecule has 2 nitrogen and oxygen atoms in total. The van der Waals surface area contributed by atoms with Crippen LogP contribution in [0.4, 0.5) is 5.69 Å². The second-order valence-corrected chi connectivity index (χ2v) is 4.75. The zero-order chi connectivity index (χ0) is 12.0. The number of nitrogens with zero attached hydrogens (tertiary/aromatic N) is 1. The van der Waals surface area contributed by atoms with E-state index in [9.17, 15) is 0 Å². The van der Waals surface area contributed by atoms with Crippen LogP contribution in [-0.4, -0.2) is 20.1 Å². The Labute approximate surface area is 99.5 Å². The molecule has 0 radical (unpaired) electrons. The fourth-order valence-electron chi connectivity index (χ4n) is 1.93. The number of hydrogen-bond donors (Lipinski definition) is 1. The van der Waals surface area contributed by atoms with Crippen LogP contribution >= 0.6 is 0 Å². The fourth-order valence-corrected chi connectivity index (χ4v) is 1.93. The molecule has 16 heavy (non-hydrogen) atoms. The summed E-state index contributed by atoms with van der Waals surface area (Å²) in [4.78, 5) is 2.32. The van der Waals surface area contributed by atoms with Gasteiger partial charge in [0.05, 0.1) is 0 Å². The van der Waals surface area contributed by atoms with Crippen LogP contribution in [0.15, 0.2) is 24.3 Å². The van der Waals surface area contributed by atoms with E-state index in [2.05, 4.69) is 50.1 Å². The highest BCUT2D eigenvalue weighted by molar-refractivity contribution is 5.46. The molecule has 0 bridgehead atoms. The van der Waals surface area contributed by atoms with E-state index >= 15 is 0 Å².